The second kappa shape index (κ2) is 5.07. The first-order valence-electron chi connectivity index (χ1n) is 4.96. The van der Waals surface area contributed by atoms with Crippen molar-refractivity contribution in [2.75, 3.05) is 7.11 Å². The molecule has 0 unspecified atom stereocenters. The average Bonchev–Trinajstić information content (AvgIpc) is 2.38. The molecule has 0 aliphatic carbocycles. The third-order valence-electron chi connectivity index (χ3n) is 2.15. The van der Waals surface area contributed by atoms with Gasteiger partial charge >= 0.3 is 0 Å². The molecule has 16 heavy (non-hydrogen) atoms. The first kappa shape index (κ1) is 10.4. The van der Waals surface area contributed by atoms with Crippen molar-refractivity contribution in [3.63, 3.8) is 0 Å². The number of rotatable bonds is 3. The van der Waals surface area contributed by atoms with Crippen molar-refractivity contribution in [1.82, 2.24) is 9.97 Å². The maximum Gasteiger partial charge on any atom is 0.118 e. The third kappa shape index (κ3) is 2.67. The zero-order valence-electron chi connectivity index (χ0n) is 9.00. The average molecular weight is 212 g/mol. The summed E-state index contributed by atoms with van der Waals surface area (Å²) in [4.78, 5) is 8.14. The Morgan fingerprint density at radius 3 is 2.50 bits per heavy atom. The molecule has 0 atom stereocenters. The third-order valence-corrected chi connectivity index (χ3v) is 2.15. The van der Waals surface area contributed by atoms with Gasteiger partial charge in [-0.25, -0.2) is 0 Å². The van der Waals surface area contributed by atoms with Crippen LogP contribution in [0.3, 0.4) is 0 Å². The minimum atomic E-state index is 0.846. The molecule has 0 aliphatic rings. The molecule has 0 fully saturated rings. The van der Waals surface area contributed by atoms with Crippen LogP contribution in [0.15, 0.2) is 42.9 Å². The monoisotopic (exact) mass is 212 g/mol. The highest BCUT2D eigenvalue weighted by molar-refractivity contribution is 5.67. The molecule has 0 radical (unpaired) electrons. The van der Waals surface area contributed by atoms with Crippen LogP contribution in [-0.2, 0) is 0 Å². The molecule has 3 nitrogen and oxygen atoms in total. The summed E-state index contributed by atoms with van der Waals surface area (Å²) in [5.41, 5.74) is 1.95. The summed E-state index contributed by atoms with van der Waals surface area (Å²) in [5, 5.41) is 0. The van der Waals surface area contributed by atoms with Gasteiger partial charge in [0.25, 0.3) is 0 Å². The van der Waals surface area contributed by atoms with Gasteiger partial charge in [-0.15, -0.1) is 0 Å². The molecule has 0 amide bonds. The molecule has 1 aromatic carbocycles. The number of aromatic nitrogens is 2. The maximum absolute atomic E-state index is 5.09. The summed E-state index contributed by atoms with van der Waals surface area (Å²) in [6.07, 6.45) is 8.97. The van der Waals surface area contributed by atoms with Crippen LogP contribution in [0.4, 0.5) is 0 Å². The van der Waals surface area contributed by atoms with Crippen LogP contribution in [0.5, 0.6) is 5.75 Å². The van der Waals surface area contributed by atoms with Gasteiger partial charge in [-0.05, 0) is 23.8 Å². The van der Waals surface area contributed by atoms with Crippen molar-refractivity contribution in [2.24, 2.45) is 0 Å². The van der Waals surface area contributed by atoms with E-state index in [1.54, 1.807) is 25.7 Å². The van der Waals surface area contributed by atoms with Crippen LogP contribution in [-0.4, -0.2) is 17.1 Å². The molecule has 0 aliphatic heterocycles. The first-order valence-corrected chi connectivity index (χ1v) is 4.96. The standard InChI is InChI=1S/C13H12N2O/c1-16-13-6-3-11(4-7-13)2-5-12-10-14-8-9-15-12/h2-10H,1H3/b5-2+. The molecule has 2 aromatic rings. The minimum Gasteiger partial charge on any atom is -0.497 e. The maximum atomic E-state index is 5.09. The zero-order valence-corrected chi connectivity index (χ0v) is 9.00. The topological polar surface area (TPSA) is 35.0 Å². The van der Waals surface area contributed by atoms with Crippen LogP contribution >= 0.6 is 0 Å². The summed E-state index contributed by atoms with van der Waals surface area (Å²) in [6, 6.07) is 7.84. The van der Waals surface area contributed by atoms with E-state index < -0.39 is 0 Å². The van der Waals surface area contributed by atoms with Crippen molar-refractivity contribution in [3.05, 3.63) is 54.1 Å². The van der Waals surface area contributed by atoms with E-state index in [0.29, 0.717) is 0 Å². The highest BCUT2D eigenvalue weighted by atomic mass is 16.5. The van der Waals surface area contributed by atoms with E-state index in [9.17, 15) is 0 Å². The van der Waals surface area contributed by atoms with Gasteiger partial charge in [-0.2, -0.15) is 0 Å². The lowest BCUT2D eigenvalue weighted by atomic mass is 10.2. The summed E-state index contributed by atoms with van der Waals surface area (Å²) in [5.74, 6) is 0.858. The second-order valence-electron chi connectivity index (χ2n) is 3.24. The van der Waals surface area contributed by atoms with Crippen LogP contribution in [0.2, 0.25) is 0 Å². The van der Waals surface area contributed by atoms with Gasteiger partial charge in [0, 0.05) is 12.4 Å². The van der Waals surface area contributed by atoms with E-state index in [0.717, 1.165) is 17.0 Å². The Morgan fingerprint density at radius 2 is 1.88 bits per heavy atom. The summed E-state index contributed by atoms with van der Waals surface area (Å²) in [6.45, 7) is 0. The predicted octanol–water partition coefficient (Wildman–Crippen LogP) is 2.66. The number of methoxy groups -OCH3 is 1. The van der Waals surface area contributed by atoms with Crippen LogP contribution in [0, 0.1) is 0 Å². The Bertz CT molecular complexity index is 463. The molecule has 80 valence electrons. The van der Waals surface area contributed by atoms with E-state index in [-0.39, 0.29) is 0 Å². The summed E-state index contributed by atoms with van der Waals surface area (Å²) < 4.78 is 5.09. The lowest BCUT2D eigenvalue weighted by molar-refractivity contribution is 0.415. The minimum absolute atomic E-state index is 0.846. The van der Waals surface area contributed by atoms with E-state index in [4.69, 9.17) is 4.74 Å². The molecule has 1 heterocycles. The molecule has 2 rings (SSSR count). The van der Waals surface area contributed by atoms with Crippen LogP contribution in [0.1, 0.15) is 11.3 Å². The molecule has 0 spiro atoms. The van der Waals surface area contributed by atoms with E-state index in [1.165, 1.54) is 0 Å². The summed E-state index contributed by atoms with van der Waals surface area (Å²) in [7, 11) is 1.66. The molecule has 0 N–H and O–H groups in total. The van der Waals surface area contributed by atoms with Crippen molar-refractivity contribution in [3.8, 4) is 5.75 Å². The van der Waals surface area contributed by atoms with Gasteiger partial charge < -0.3 is 4.74 Å². The fourth-order valence-corrected chi connectivity index (χ4v) is 1.29. The smallest absolute Gasteiger partial charge is 0.118 e. The normalized spacial score (nSPS) is 10.6. The SMILES string of the molecule is COc1ccc(/C=C/c2cnccn2)cc1. The Balaban J connectivity index is 2.12. The van der Waals surface area contributed by atoms with Gasteiger partial charge in [-0.3, -0.25) is 9.97 Å². The predicted molar refractivity (Wildman–Crippen MR) is 64.0 cm³/mol. The molecule has 0 saturated carbocycles. The molecule has 1 aromatic heterocycles. The Morgan fingerprint density at radius 1 is 1.06 bits per heavy atom. The van der Waals surface area contributed by atoms with E-state index >= 15 is 0 Å². The van der Waals surface area contributed by atoms with Gasteiger partial charge in [0.2, 0.25) is 0 Å². The molecule has 0 saturated heterocycles. The van der Waals surface area contributed by atoms with E-state index in [2.05, 4.69) is 9.97 Å². The fraction of sp³-hybridized carbons (Fsp3) is 0.0769. The lowest BCUT2D eigenvalue weighted by Gasteiger charge is -1.98. The van der Waals surface area contributed by atoms with Gasteiger partial charge in [0.05, 0.1) is 19.0 Å². The van der Waals surface area contributed by atoms with Crippen LogP contribution in [0.25, 0.3) is 12.2 Å². The lowest BCUT2D eigenvalue weighted by Crippen LogP contribution is -1.82. The molecular weight excluding hydrogens is 200 g/mol. The van der Waals surface area contributed by atoms with Crippen LogP contribution < -0.4 is 4.74 Å². The van der Waals surface area contributed by atoms with Crippen molar-refractivity contribution in [1.29, 1.82) is 0 Å². The Kier molecular flexibility index (Phi) is 3.28. The number of benzene rings is 1. The summed E-state index contributed by atoms with van der Waals surface area (Å²) >= 11 is 0. The number of nitrogens with zero attached hydrogens (tertiary/aromatic N) is 2. The Hall–Kier alpha value is -2.16. The number of hydrogen-bond acceptors (Lipinski definition) is 3. The van der Waals surface area contributed by atoms with Crippen molar-refractivity contribution in [2.45, 2.75) is 0 Å². The van der Waals surface area contributed by atoms with Gasteiger partial charge in [-0.1, -0.05) is 18.2 Å². The zero-order chi connectivity index (χ0) is 11.2. The highest BCUT2D eigenvalue weighted by Crippen LogP contribution is 2.13. The van der Waals surface area contributed by atoms with Gasteiger partial charge in [0.15, 0.2) is 0 Å². The molecule has 0 bridgehead atoms. The highest BCUT2D eigenvalue weighted by Gasteiger charge is 1.90. The fourth-order valence-electron chi connectivity index (χ4n) is 1.29. The van der Waals surface area contributed by atoms with Crippen molar-refractivity contribution >= 4 is 12.2 Å². The molecule has 3 heteroatoms. The number of hydrogen-bond donors (Lipinski definition) is 0. The van der Waals surface area contributed by atoms with Gasteiger partial charge in [0.1, 0.15) is 5.75 Å². The van der Waals surface area contributed by atoms with E-state index in [1.807, 2.05) is 36.4 Å². The largest absolute Gasteiger partial charge is 0.497 e. The second-order valence-corrected chi connectivity index (χ2v) is 3.24. The van der Waals surface area contributed by atoms with Crippen molar-refractivity contribution < 1.29 is 4.74 Å². The first-order chi connectivity index (χ1) is 7.88. The Labute approximate surface area is 94.4 Å². The quantitative estimate of drug-likeness (QED) is 0.784. The number of ether oxygens (including phenoxy) is 1. The molecular formula is C13H12N2O.